The largest absolute Gasteiger partial charge is 0.184 e. The van der Waals surface area contributed by atoms with E-state index in [2.05, 4.69) is 191 Å². The standard InChI is InChI=1S/C54H56.4Y/c1-31-33(3)51(41-23-15-11-16-24-41)35(5)37(7)53(43-27-19-13-20-28-43)39(9)40(10)54(44-29-21-14-22-30-44)38(8)36(6)52(42-25-17-12-18-26-42)34(4)32(2)45(31)46-47(51)49(53)50(54)48(46)52;;;;/h15-40H,1-10H3;;;;/q-4;;;;/t31-,32?,33?,34?,35-,36+,37+,38?,39?,40+,51?,52?,53?,54?;;;;/m1..../s1. The van der Waals surface area contributed by atoms with Crippen LogP contribution in [0.15, 0.2) is 131 Å². The molecule has 4 aromatic rings. The van der Waals surface area contributed by atoms with Crippen molar-refractivity contribution in [2.45, 2.75) is 90.9 Å². The molecule has 0 saturated heterocycles. The smallest absolute Gasteiger partial charge is 0.00504 e. The minimum absolute atomic E-state index is 0. The minimum atomic E-state index is -0.168. The summed E-state index contributed by atoms with van der Waals surface area (Å²) in [7, 11) is 0. The van der Waals surface area contributed by atoms with Gasteiger partial charge in [-0.3, -0.25) is 0 Å². The maximum atomic E-state index is 3.44. The van der Waals surface area contributed by atoms with Gasteiger partial charge in [-0.25, -0.2) is 0 Å². The van der Waals surface area contributed by atoms with Gasteiger partial charge in [-0.05, 0) is 87.0 Å². The molecular weight excluding hydrogens is 1000 g/mol. The van der Waals surface area contributed by atoms with E-state index in [1.54, 1.807) is 33.4 Å². The van der Waals surface area contributed by atoms with Crippen molar-refractivity contribution in [3.05, 3.63) is 177 Å². The first-order valence-corrected chi connectivity index (χ1v) is 21.1. The third-order valence-corrected chi connectivity index (χ3v) is 18.5. The molecule has 10 rings (SSSR count). The average molecular weight is 1060 g/mol. The summed E-state index contributed by atoms with van der Waals surface area (Å²) in [6.07, 6.45) is 0. The summed E-state index contributed by atoms with van der Waals surface area (Å²) in [5.41, 5.74) is 15.5. The van der Waals surface area contributed by atoms with Gasteiger partial charge in [-0.1, -0.05) is 74.8 Å². The van der Waals surface area contributed by atoms with Crippen molar-refractivity contribution in [3.8, 4) is 0 Å². The SMILES string of the molecule is CC1C2=C3C4=C5C6=C3C(c3cc[c-]cc3)(C1C)[C@@H](C)C(C)C6(c1cc[c-]cc1)[C@@H](C)C(C)C5(c1cc[c-]cc1)[C@@H](C)[C@@H](C)C4(c1cc[c-]cc1)C(C)[C@H]2C.[Y].[Y].[Y].[Y]. The van der Waals surface area contributed by atoms with Crippen LogP contribution in [-0.2, 0) is 152 Å². The molecule has 6 aliphatic carbocycles. The molecule has 6 aliphatic rings. The zero-order chi connectivity index (χ0) is 37.7. The minimum Gasteiger partial charge on any atom is -0.184 e. The zero-order valence-corrected chi connectivity index (χ0v) is 47.7. The van der Waals surface area contributed by atoms with Gasteiger partial charge in [0.25, 0.3) is 0 Å². The van der Waals surface area contributed by atoms with E-state index in [0.717, 1.165) is 0 Å². The van der Waals surface area contributed by atoms with Gasteiger partial charge >= 0.3 is 0 Å². The fourth-order valence-electron chi connectivity index (χ4n) is 15.9. The van der Waals surface area contributed by atoms with E-state index in [1.165, 1.54) is 22.3 Å². The second-order valence-electron chi connectivity index (χ2n) is 18.8. The molecule has 0 aliphatic heterocycles. The summed E-state index contributed by atoms with van der Waals surface area (Å²) in [5.74, 6) is 4.09. The van der Waals surface area contributed by atoms with Crippen LogP contribution < -0.4 is 0 Å². The summed E-state index contributed by atoms with van der Waals surface area (Å²) < 4.78 is 0. The molecule has 288 valence electrons. The van der Waals surface area contributed by atoms with Crippen LogP contribution in [-0.4, -0.2) is 0 Å². The number of benzene rings is 4. The monoisotopic (exact) mass is 1060 g/mol. The fourth-order valence-corrected chi connectivity index (χ4v) is 15.9. The van der Waals surface area contributed by atoms with E-state index in [4.69, 9.17) is 0 Å². The van der Waals surface area contributed by atoms with Crippen molar-refractivity contribution in [1.82, 2.24) is 0 Å². The van der Waals surface area contributed by atoms with Crippen molar-refractivity contribution < 1.29 is 131 Å². The van der Waals surface area contributed by atoms with E-state index >= 15 is 0 Å². The van der Waals surface area contributed by atoms with Gasteiger partial charge in [0, 0.05) is 152 Å². The van der Waals surface area contributed by atoms with Gasteiger partial charge in [0.15, 0.2) is 0 Å². The van der Waals surface area contributed by atoms with Crippen LogP contribution in [0.1, 0.15) is 91.5 Å². The quantitative estimate of drug-likeness (QED) is 0.179. The maximum Gasteiger partial charge on any atom is 0.00504 e. The van der Waals surface area contributed by atoms with Gasteiger partial charge in [-0.2, -0.15) is 121 Å². The van der Waals surface area contributed by atoms with Crippen LogP contribution in [0.5, 0.6) is 0 Å². The van der Waals surface area contributed by atoms with Crippen LogP contribution >= 0.6 is 0 Å². The molecule has 1 saturated carbocycles. The predicted octanol–water partition coefficient (Wildman–Crippen LogP) is 12.3. The number of hydrogen-bond donors (Lipinski definition) is 0. The number of rotatable bonds is 4. The van der Waals surface area contributed by atoms with Gasteiger partial charge < -0.3 is 0 Å². The summed E-state index contributed by atoms with van der Waals surface area (Å²) in [5, 5.41) is 0. The molecule has 4 aromatic carbocycles. The Hall–Kier alpha value is 0.516. The first-order valence-electron chi connectivity index (χ1n) is 21.1. The first-order chi connectivity index (χ1) is 26.0. The fraction of sp³-hybridized carbons (Fsp3) is 0.444. The Morgan fingerprint density at radius 1 is 0.310 bits per heavy atom. The number of hydrogen-bond acceptors (Lipinski definition) is 0. The van der Waals surface area contributed by atoms with Crippen molar-refractivity contribution in [2.75, 3.05) is 0 Å². The van der Waals surface area contributed by atoms with Crippen molar-refractivity contribution in [1.29, 1.82) is 0 Å². The predicted molar refractivity (Wildman–Crippen MR) is 221 cm³/mol. The molecule has 58 heavy (non-hydrogen) atoms. The van der Waals surface area contributed by atoms with Gasteiger partial charge in [0.05, 0.1) is 0 Å². The third kappa shape index (κ3) is 5.35. The van der Waals surface area contributed by atoms with Crippen LogP contribution in [0.4, 0.5) is 0 Å². The van der Waals surface area contributed by atoms with Crippen LogP contribution in [0.3, 0.4) is 0 Å². The summed E-state index contributed by atoms with van der Waals surface area (Å²) >= 11 is 0. The van der Waals surface area contributed by atoms with E-state index in [0.29, 0.717) is 59.2 Å². The Morgan fingerprint density at radius 3 is 0.741 bits per heavy atom. The van der Waals surface area contributed by atoms with Crippen LogP contribution in [0.25, 0.3) is 0 Å². The Balaban J connectivity index is 0.00000142. The van der Waals surface area contributed by atoms with Crippen LogP contribution in [0.2, 0.25) is 0 Å². The van der Waals surface area contributed by atoms with Crippen molar-refractivity contribution in [3.63, 3.8) is 0 Å². The normalized spacial score (nSPS) is 40.1. The average Bonchev–Trinajstić information content (AvgIpc) is 3.56. The molecule has 14 atom stereocenters. The van der Waals surface area contributed by atoms with Gasteiger partial charge in [0.1, 0.15) is 0 Å². The van der Waals surface area contributed by atoms with Crippen molar-refractivity contribution in [2.24, 2.45) is 59.2 Å². The van der Waals surface area contributed by atoms with Gasteiger partial charge in [0.2, 0.25) is 0 Å². The Kier molecular flexibility index (Phi) is 13.9. The van der Waals surface area contributed by atoms with Gasteiger partial charge in [-0.15, -0.1) is 22.3 Å². The Morgan fingerprint density at radius 2 is 0.517 bits per heavy atom. The Labute approximate surface area is 451 Å². The summed E-state index contributed by atoms with van der Waals surface area (Å²) in [4.78, 5) is 0. The maximum absolute atomic E-state index is 3.44. The van der Waals surface area contributed by atoms with Crippen molar-refractivity contribution >= 4 is 0 Å². The molecule has 1 fully saturated rings. The molecule has 9 unspecified atom stereocenters. The molecule has 4 heteroatoms. The molecular formula is C54H56Y4-4. The molecule has 4 radical (unpaired) electrons. The van der Waals surface area contributed by atoms with Crippen LogP contribution in [0, 0.1) is 83.4 Å². The topological polar surface area (TPSA) is 0 Å². The zero-order valence-electron chi connectivity index (χ0n) is 36.3. The summed E-state index contributed by atoms with van der Waals surface area (Å²) in [6.45, 7) is 26.4. The second kappa shape index (κ2) is 16.8. The molecule has 0 spiro atoms. The number of allylic oxidation sites excluding steroid dienone is 6. The third-order valence-electron chi connectivity index (χ3n) is 18.5. The molecule has 0 aromatic heterocycles. The molecule has 0 bridgehead atoms. The van der Waals surface area contributed by atoms with E-state index in [-0.39, 0.29) is 152 Å². The molecule has 0 amide bonds. The second-order valence-corrected chi connectivity index (χ2v) is 18.8. The molecule has 0 N–H and O–H groups in total. The van der Waals surface area contributed by atoms with E-state index in [9.17, 15) is 0 Å². The molecule has 0 nitrogen and oxygen atoms in total. The molecule has 0 heterocycles. The summed E-state index contributed by atoms with van der Waals surface area (Å²) in [6, 6.07) is 50.9. The van der Waals surface area contributed by atoms with E-state index in [1.807, 2.05) is 0 Å². The first kappa shape index (κ1) is 48.0. The van der Waals surface area contributed by atoms with E-state index < -0.39 is 0 Å². The Bertz CT molecular complexity index is 2100.